The van der Waals surface area contributed by atoms with Crippen molar-refractivity contribution < 1.29 is 4.79 Å². The van der Waals surface area contributed by atoms with Gasteiger partial charge < -0.3 is 9.88 Å². The molecule has 1 aromatic heterocycles. The second-order valence-electron chi connectivity index (χ2n) is 6.03. The van der Waals surface area contributed by atoms with E-state index in [1.165, 1.54) is 17.3 Å². The molecule has 0 saturated heterocycles. The SMILES string of the molecule is Cc1ccc(NC(=O)CSc2nnc(-c3ccc(Br)cc3)n2C)c(C)c1. The molecule has 0 bridgehead atoms. The molecule has 0 saturated carbocycles. The number of rotatable bonds is 5. The van der Waals surface area contributed by atoms with Gasteiger partial charge in [-0.1, -0.05) is 57.5 Å². The van der Waals surface area contributed by atoms with Gasteiger partial charge in [-0.2, -0.15) is 0 Å². The molecule has 26 heavy (non-hydrogen) atoms. The van der Waals surface area contributed by atoms with Crippen LogP contribution in [0.4, 0.5) is 5.69 Å². The van der Waals surface area contributed by atoms with Gasteiger partial charge in [-0.15, -0.1) is 10.2 Å². The first-order valence-electron chi connectivity index (χ1n) is 8.09. The number of carbonyl (C=O) groups is 1. The highest BCUT2D eigenvalue weighted by Gasteiger charge is 2.13. The number of halogens is 1. The summed E-state index contributed by atoms with van der Waals surface area (Å²) in [4.78, 5) is 12.3. The molecule has 0 aliphatic rings. The van der Waals surface area contributed by atoms with Crippen LogP contribution in [0.5, 0.6) is 0 Å². The molecule has 1 amide bonds. The van der Waals surface area contributed by atoms with Crippen LogP contribution in [0.25, 0.3) is 11.4 Å². The smallest absolute Gasteiger partial charge is 0.234 e. The highest BCUT2D eigenvalue weighted by Crippen LogP contribution is 2.24. The third-order valence-electron chi connectivity index (χ3n) is 3.93. The van der Waals surface area contributed by atoms with Crippen LogP contribution in [0.1, 0.15) is 11.1 Å². The van der Waals surface area contributed by atoms with Crippen molar-refractivity contribution in [3.63, 3.8) is 0 Å². The standard InChI is InChI=1S/C19H19BrN4OS/c1-12-4-9-16(13(2)10-12)21-17(25)11-26-19-23-22-18(24(19)3)14-5-7-15(20)8-6-14/h4-10H,11H2,1-3H3,(H,21,25). The van der Waals surface area contributed by atoms with Crippen LogP contribution >= 0.6 is 27.7 Å². The Morgan fingerprint density at radius 3 is 2.58 bits per heavy atom. The summed E-state index contributed by atoms with van der Waals surface area (Å²) < 4.78 is 2.92. The number of nitrogens with zero attached hydrogens (tertiary/aromatic N) is 3. The monoisotopic (exact) mass is 430 g/mol. The van der Waals surface area contributed by atoms with Crippen molar-refractivity contribution in [2.45, 2.75) is 19.0 Å². The lowest BCUT2D eigenvalue weighted by molar-refractivity contribution is -0.113. The Bertz CT molecular complexity index is 937. The number of anilines is 1. The maximum atomic E-state index is 12.3. The van der Waals surface area contributed by atoms with Gasteiger partial charge in [0, 0.05) is 22.8 Å². The van der Waals surface area contributed by atoms with E-state index in [-0.39, 0.29) is 11.7 Å². The van der Waals surface area contributed by atoms with E-state index in [9.17, 15) is 4.79 Å². The lowest BCUT2D eigenvalue weighted by Crippen LogP contribution is -2.15. The van der Waals surface area contributed by atoms with E-state index < -0.39 is 0 Å². The summed E-state index contributed by atoms with van der Waals surface area (Å²) >= 11 is 4.80. The Labute approximate surface area is 165 Å². The maximum Gasteiger partial charge on any atom is 0.234 e. The number of aryl methyl sites for hydroxylation is 2. The van der Waals surface area contributed by atoms with Gasteiger partial charge >= 0.3 is 0 Å². The number of hydrogen-bond acceptors (Lipinski definition) is 4. The molecular formula is C19H19BrN4OS. The minimum atomic E-state index is -0.0601. The van der Waals surface area contributed by atoms with Crippen LogP contribution in [-0.4, -0.2) is 26.4 Å². The predicted octanol–water partition coefficient (Wildman–Crippen LogP) is 4.59. The normalized spacial score (nSPS) is 10.8. The number of amides is 1. The van der Waals surface area contributed by atoms with E-state index >= 15 is 0 Å². The van der Waals surface area contributed by atoms with Gasteiger partial charge in [-0.3, -0.25) is 4.79 Å². The first-order chi connectivity index (χ1) is 12.4. The highest BCUT2D eigenvalue weighted by molar-refractivity contribution is 9.10. The van der Waals surface area contributed by atoms with E-state index in [0.717, 1.165) is 27.1 Å². The summed E-state index contributed by atoms with van der Waals surface area (Å²) in [6.07, 6.45) is 0. The predicted molar refractivity (Wildman–Crippen MR) is 109 cm³/mol. The van der Waals surface area contributed by atoms with Crippen molar-refractivity contribution in [1.29, 1.82) is 0 Å². The summed E-state index contributed by atoms with van der Waals surface area (Å²) in [5.74, 6) is 0.990. The van der Waals surface area contributed by atoms with Gasteiger partial charge in [0.25, 0.3) is 0 Å². The Hall–Kier alpha value is -2.12. The van der Waals surface area contributed by atoms with Crippen molar-refractivity contribution in [3.05, 3.63) is 58.1 Å². The van der Waals surface area contributed by atoms with Gasteiger partial charge in [0.2, 0.25) is 5.91 Å². The van der Waals surface area contributed by atoms with Crippen LogP contribution in [0.3, 0.4) is 0 Å². The van der Waals surface area contributed by atoms with Gasteiger partial charge in [0.15, 0.2) is 11.0 Å². The topological polar surface area (TPSA) is 59.8 Å². The van der Waals surface area contributed by atoms with Gasteiger partial charge in [-0.05, 0) is 37.6 Å². The average Bonchev–Trinajstić information content (AvgIpc) is 2.97. The Morgan fingerprint density at radius 1 is 1.15 bits per heavy atom. The molecule has 0 aliphatic heterocycles. The zero-order valence-electron chi connectivity index (χ0n) is 14.8. The molecule has 1 N–H and O–H groups in total. The number of nitrogens with one attached hydrogen (secondary N) is 1. The minimum absolute atomic E-state index is 0.0601. The molecule has 0 radical (unpaired) electrons. The van der Waals surface area contributed by atoms with Crippen molar-refractivity contribution >= 4 is 39.3 Å². The van der Waals surface area contributed by atoms with E-state index in [2.05, 4.69) is 37.5 Å². The molecule has 0 fully saturated rings. The van der Waals surface area contributed by atoms with Crippen LogP contribution in [-0.2, 0) is 11.8 Å². The summed E-state index contributed by atoms with van der Waals surface area (Å²) in [6, 6.07) is 13.9. The minimum Gasteiger partial charge on any atom is -0.325 e. The molecule has 0 atom stereocenters. The third-order valence-corrected chi connectivity index (χ3v) is 5.47. The molecule has 5 nitrogen and oxygen atoms in total. The van der Waals surface area contributed by atoms with E-state index in [1.54, 1.807) is 0 Å². The fraction of sp³-hybridized carbons (Fsp3) is 0.211. The van der Waals surface area contributed by atoms with E-state index in [4.69, 9.17) is 0 Å². The van der Waals surface area contributed by atoms with E-state index in [1.807, 2.05) is 61.9 Å². The summed E-state index contributed by atoms with van der Waals surface area (Å²) in [6.45, 7) is 4.02. The summed E-state index contributed by atoms with van der Waals surface area (Å²) in [7, 11) is 1.90. The lowest BCUT2D eigenvalue weighted by Gasteiger charge is -2.09. The van der Waals surface area contributed by atoms with Gasteiger partial charge in [0.1, 0.15) is 0 Å². The Kier molecular flexibility index (Phi) is 5.78. The third kappa shape index (κ3) is 4.34. The van der Waals surface area contributed by atoms with Crippen molar-refractivity contribution in [2.75, 3.05) is 11.1 Å². The van der Waals surface area contributed by atoms with Crippen molar-refractivity contribution in [3.8, 4) is 11.4 Å². The molecule has 0 spiro atoms. The lowest BCUT2D eigenvalue weighted by atomic mass is 10.1. The number of aromatic nitrogens is 3. The molecule has 3 rings (SSSR count). The van der Waals surface area contributed by atoms with Crippen LogP contribution in [0.2, 0.25) is 0 Å². The number of benzene rings is 2. The quantitative estimate of drug-likeness (QED) is 0.601. The largest absolute Gasteiger partial charge is 0.325 e. The summed E-state index contributed by atoms with van der Waals surface area (Å²) in [5.41, 5.74) is 4.05. The fourth-order valence-electron chi connectivity index (χ4n) is 2.56. The molecule has 3 aromatic rings. The molecular weight excluding hydrogens is 412 g/mol. The molecule has 2 aromatic carbocycles. The van der Waals surface area contributed by atoms with Crippen molar-refractivity contribution in [1.82, 2.24) is 14.8 Å². The first-order valence-corrected chi connectivity index (χ1v) is 9.87. The molecule has 7 heteroatoms. The Balaban J connectivity index is 1.64. The van der Waals surface area contributed by atoms with Gasteiger partial charge in [-0.25, -0.2) is 0 Å². The van der Waals surface area contributed by atoms with Crippen molar-refractivity contribution in [2.24, 2.45) is 7.05 Å². The second-order valence-corrected chi connectivity index (χ2v) is 7.89. The first kappa shape index (κ1) is 18.7. The fourth-order valence-corrected chi connectivity index (χ4v) is 3.54. The molecule has 134 valence electrons. The zero-order chi connectivity index (χ0) is 18.7. The molecule has 1 heterocycles. The van der Waals surface area contributed by atoms with E-state index in [0.29, 0.717) is 5.16 Å². The number of hydrogen-bond donors (Lipinski definition) is 1. The second kappa shape index (κ2) is 8.05. The molecule has 0 unspecified atom stereocenters. The Morgan fingerprint density at radius 2 is 1.88 bits per heavy atom. The number of carbonyl (C=O) groups excluding carboxylic acids is 1. The highest BCUT2D eigenvalue weighted by atomic mass is 79.9. The van der Waals surface area contributed by atoms with Crippen LogP contribution < -0.4 is 5.32 Å². The summed E-state index contributed by atoms with van der Waals surface area (Å²) in [5, 5.41) is 12.1. The van der Waals surface area contributed by atoms with Gasteiger partial charge in [0.05, 0.1) is 5.75 Å². The van der Waals surface area contributed by atoms with Crippen LogP contribution in [0, 0.1) is 13.8 Å². The zero-order valence-corrected chi connectivity index (χ0v) is 17.2. The average molecular weight is 431 g/mol. The maximum absolute atomic E-state index is 12.3. The molecule has 0 aliphatic carbocycles. The number of thioether (sulfide) groups is 1. The van der Waals surface area contributed by atoms with Crippen LogP contribution in [0.15, 0.2) is 52.1 Å².